The molecular formula is C18H20Cl2F2N4O2. The monoisotopic (exact) mass is 432 g/mol. The fraction of sp³-hybridized carbons (Fsp3) is 0.333. The smallest absolute Gasteiger partial charge is 0.387 e. The van der Waals surface area contributed by atoms with Gasteiger partial charge in [0, 0.05) is 43.8 Å². The van der Waals surface area contributed by atoms with Crippen molar-refractivity contribution >= 4 is 35.6 Å². The maximum absolute atomic E-state index is 12.4. The lowest BCUT2D eigenvalue weighted by molar-refractivity contribution is -0.118. The highest BCUT2D eigenvalue weighted by Gasteiger charge is 2.25. The Labute approximate surface area is 172 Å². The lowest BCUT2D eigenvalue weighted by atomic mass is 10.1. The molecule has 1 aliphatic rings. The molecule has 10 heteroatoms. The summed E-state index contributed by atoms with van der Waals surface area (Å²) in [5, 5.41) is 6.06. The zero-order chi connectivity index (χ0) is 19.2. The molecule has 1 aliphatic heterocycles. The van der Waals surface area contributed by atoms with E-state index < -0.39 is 6.61 Å². The minimum atomic E-state index is -2.96. The average molecular weight is 433 g/mol. The van der Waals surface area contributed by atoms with Crippen molar-refractivity contribution in [2.75, 3.05) is 31.5 Å². The van der Waals surface area contributed by atoms with Crippen LogP contribution in [0.4, 0.5) is 14.5 Å². The highest BCUT2D eigenvalue weighted by Crippen LogP contribution is 2.29. The number of nitrogens with one attached hydrogen (secondary N) is 2. The van der Waals surface area contributed by atoms with Crippen molar-refractivity contribution in [2.45, 2.75) is 12.7 Å². The Hall–Kier alpha value is -2.00. The lowest BCUT2D eigenvalue weighted by Crippen LogP contribution is -2.48. The summed E-state index contributed by atoms with van der Waals surface area (Å²) in [6.07, 6.45) is 3.51. The van der Waals surface area contributed by atoms with Gasteiger partial charge in [0.25, 0.3) is 0 Å². The zero-order valence-electron chi connectivity index (χ0n) is 14.8. The van der Waals surface area contributed by atoms with Gasteiger partial charge in [-0.15, -0.1) is 12.4 Å². The molecule has 1 unspecified atom stereocenters. The Morgan fingerprint density at radius 3 is 2.93 bits per heavy atom. The molecule has 1 fully saturated rings. The normalized spacial score (nSPS) is 17.1. The Balaban J connectivity index is 0.00000280. The van der Waals surface area contributed by atoms with Crippen molar-refractivity contribution in [1.29, 1.82) is 0 Å². The number of pyridine rings is 1. The summed E-state index contributed by atoms with van der Waals surface area (Å²) in [5.74, 6) is -0.354. The van der Waals surface area contributed by atoms with E-state index in [1.165, 1.54) is 18.2 Å². The molecule has 152 valence electrons. The van der Waals surface area contributed by atoms with Crippen LogP contribution in [-0.4, -0.2) is 48.6 Å². The Morgan fingerprint density at radius 2 is 2.25 bits per heavy atom. The van der Waals surface area contributed by atoms with E-state index in [2.05, 4.69) is 25.3 Å². The van der Waals surface area contributed by atoms with E-state index in [0.29, 0.717) is 5.69 Å². The van der Waals surface area contributed by atoms with Crippen LogP contribution >= 0.6 is 24.0 Å². The van der Waals surface area contributed by atoms with Crippen LogP contribution in [0.15, 0.2) is 42.7 Å². The van der Waals surface area contributed by atoms with Crippen LogP contribution in [-0.2, 0) is 4.79 Å². The van der Waals surface area contributed by atoms with Gasteiger partial charge in [-0.3, -0.25) is 14.7 Å². The summed E-state index contributed by atoms with van der Waals surface area (Å²) >= 11 is 5.92. The van der Waals surface area contributed by atoms with Gasteiger partial charge >= 0.3 is 6.61 Å². The number of alkyl halides is 2. The number of benzene rings is 1. The minimum Gasteiger partial charge on any atom is -0.433 e. The number of nitrogens with zero attached hydrogens (tertiary/aromatic N) is 2. The van der Waals surface area contributed by atoms with E-state index in [4.69, 9.17) is 11.6 Å². The number of anilines is 1. The molecule has 2 aromatic rings. The second-order valence-corrected chi connectivity index (χ2v) is 6.46. The lowest BCUT2D eigenvalue weighted by Gasteiger charge is -2.35. The predicted molar refractivity (Wildman–Crippen MR) is 105 cm³/mol. The standard InChI is InChI=1S/C18H19ClF2N4O2.ClH/c19-14-8-13(3-4-16(14)27-18(20)21)24-17(26)11-25-7-6-23-10-15(25)12-2-1-5-22-9-12;/h1-5,8-9,15,18,23H,6-7,10-11H2,(H,24,26);1H. The van der Waals surface area contributed by atoms with Crippen LogP contribution in [0.1, 0.15) is 11.6 Å². The molecule has 0 aliphatic carbocycles. The van der Waals surface area contributed by atoms with Gasteiger partial charge in [-0.25, -0.2) is 0 Å². The van der Waals surface area contributed by atoms with E-state index in [1.807, 2.05) is 12.1 Å². The summed E-state index contributed by atoms with van der Waals surface area (Å²) < 4.78 is 28.9. The number of hydrogen-bond acceptors (Lipinski definition) is 5. The van der Waals surface area contributed by atoms with Crippen LogP contribution in [0.3, 0.4) is 0 Å². The van der Waals surface area contributed by atoms with Crippen LogP contribution in [0.25, 0.3) is 0 Å². The van der Waals surface area contributed by atoms with Crippen molar-refractivity contribution in [1.82, 2.24) is 15.2 Å². The van der Waals surface area contributed by atoms with Crippen molar-refractivity contribution in [2.24, 2.45) is 0 Å². The third-order valence-electron chi connectivity index (χ3n) is 4.20. The molecule has 3 rings (SSSR count). The topological polar surface area (TPSA) is 66.5 Å². The van der Waals surface area contributed by atoms with Gasteiger partial charge in [0.15, 0.2) is 0 Å². The SMILES string of the molecule is Cl.O=C(CN1CCNCC1c1cccnc1)Nc1ccc(OC(F)F)c(Cl)c1. The quantitative estimate of drug-likeness (QED) is 0.732. The highest BCUT2D eigenvalue weighted by molar-refractivity contribution is 6.32. The number of hydrogen-bond donors (Lipinski definition) is 2. The predicted octanol–water partition coefficient (Wildman–Crippen LogP) is 3.34. The summed E-state index contributed by atoms with van der Waals surface area (Å²) in [5.41, 5.74) is 1.45. The van der Waals surface area contributed by atoms with Crippen LogP contribution in [0.2, 0.25) is 5.02 Å². The molecule has 28 heavy (non-hydrogen) atoms. The van der Waals surface area contributed by atoms with Crippen LogP contribution < -0.4 is 15.4 Å². The van der Waals surface area contributed by atoms with Crippen LogP contribution in [0, 0.1) is 0 Å². The van der Waals surface area contributed by atoms with Crippen molar-refractivity contribution in [3.63, 3.8) is 0 Å². The average Bonchev–Trinajstić information content (AvgIpc) is 2.65. The Kier molecular flexibility index (Phi) is 8.37. The largest absolute Gasteiger partial charge is 0.433 e. The van der Waals surface area contributed by atoms with E-state index in [-0.39, 0.29) is 41.7 Å². The molecule has 1 amide bonds. The molecule has 0 saturated carbocycles. The third-order valence-corrected chi connectivity index (χ3v) is 4.50. The third kappa shape index (κ3) is 6.00. The number of halogens is 4. The van der Waals surface area contributed by atoms with Gasteiger partial charge in [-0.1, -0.05) is 17.7 Å². The minimum absolute atomic E-state index is 0. The van der Waals surface area contributed by atoms with Gasteiger partial charge in [0.1, 0.15) is 5.75 Å². The number of ether oxygens (including phenoxy) is 1. The number of carbonyl (C=O) groups is 1. The number of rotatable bonds is 6. The fourth-order valence-electron chi connectivity index (χ4n) is 2.99. The maximum atomic E-state index is 12.4. The molecule has 1 aromatic carbocycles. The van der Waals surface area contributed by atoms with E-state index >= 15 is 0 Å². The molecule has 2 heterocycles. The molecule has 0 radical (unpaired) electrons. The first-order valence-electron chi connectivity index (χ1n) is 8.42. The van der Waals surface area contributed by atoms with E-state index in [1.54, 1.807) is 12.4 Å². The van der Waals surface area contributed by atoms with E-state index in [9.17, 15) is 13.6 Å². The van der Waals surface area contributed by atoms with Gasteiger partial charge < -0.3 is 15.4 Å². The van der Waals surface area contributed by atoms with Crippen LogP contribution in [0.5, 0.6) is 5.75 Å². The summed E-state index contributed by atoms with van der Waals surface area (Å²) in [6.45, 7) is -0.539. The fourth-order valence-corrected chi connectivity index (χ4v) is 3.22. The van der Waals surface area contributed by atoms with Gasteiger partial charge in [0.05, 0.1) is 11.6 Å². The van der Waals surface area contributed by atoms with Crippen molar-refractivity contribution in [3.8, 4) is 5.75 Å². The number of amides is 1. The van der Waals surface area contributed by atoms with Crippen molar-refractivity contribution in [3.05, 3.63) is 53.3 Å². The highest BCUT2D eigenvalue weighted by atomic mass is 35.5. The van der Waals surface area contributed by atoms with Gasteiger partial charge in [0.2, 0.25) is 5.91 Å². The van der Waals surface area contributed by atoms with E-state index in [0.717, 1.165) is 25.2 Å². The number of piperazine rings is 1. The summed E-state index contributed by atoms with van der Waals surface area (Å²) in [4.78, 5) is 18.7. The van der Waals surface area contributed by atoms with Gasteiger partial charge in [-0.05, 0) is 29.8 Å². The number of aromatic nitrogens is 1. The summed E-state index contributed by atoms with van der Waals surface area (Å²) in [7, 11) is 0. The number of carbonyl (C=O) groups excluding carboxylic acids is 1. The molecule has 0 spiro atoms. The first-order valence-corrected chi connectivity index (χ1v) is 8.79. The molecule has 1 atom stereocenters. The van der Waals surface area contributed by atoms with Gasteiger partial charge in [-0.2, -0.15) is 8.78 Å². The molecular weight excluding hydrogens is 413 g/mol. The molecule has 2 N–H and O–H groups in total. The first-order chi connectivity index (χ1) is 13.0. The zero-order valence-corrected chi connectivity index (χ0v) is 16.4. The molecule has 1 aromatic heterocycles. The molecule has 6 nitrogen and oxygen atoms in total. The second kappa shape index (κ2) is 10.5. The van der Waals surface area contributed by atoms with Crippen molar-refractivity contribution < 1.29 is 18.3 Å². The Morgan fingerprint density at radius 1 is 1.43 bits per heavy atom. The molecule has 1 saturated heterocycles. The molecule has 0 bridgehead atoms. The first kappa shape index (κ1) is 22.3. The second-order valence-electron chi connectivity index (χ2n) is 6.05. The summed E-state index contributed by atoms with van der Waals surface area (Å²) in [6, 6.07) is 8.05. The Bertz CT molecular complexity index is 783. The maximum Gasteiger partial charge on any atom is 0.387 e.